The summed E-state index contributed by atoms with van der Waals surface area (Å²) in [4.78, 5) is 0. The highest BCUT2D eigenvalue weighted by atomic mass is 19.4. The zero-order chi connectivity index (χ0) is 19.3. The number of hydrogen-bond acceptors (Lipinski definition) is 2. The van der Waals surface area contributed by atoms with Crippen LogP contribution >= 0.6 is 0 Å². The number of rotatable bonds is 2. The molecule has 0 spiro atoms. The van der Waals surface area contributed by atoms with E-state index in [0.29, 0.717) is 12.1 Å². The van der Waals surface area contributed by atoms with E-state index < -0.39 is 41.8 Å². The Kier molecular flexibility index (Phi) is 4.80. The summed E-state index contributed by atoms with van der Waals surface area (Å²) in [6, 6.07) is 1.39. The van der Waals surface area contributed by atoms with E-state index >= 15 is 0 Å². The van der Waals surface area contributed by atoms with E-state index in [2.05, 4.69) is 0 Å². The fourth-order valence-corrected chi connectivity index (χ4v) is 2.23. The van der Waals surface area contributed by atoms with Gasteiger partial charge in [0.15, 0.2) is 0 Å². The van der Waals surface area contributed by atoms with E-state index in [9.17, 15) is 26.3 Å². The Bertz CT molecular complexity index is 628. The predicted octanol–water partition coefficient (Wildman–Crippen LogP) is 5.37. The summed E-state index contributed by atoms with van der Waals surface area (Å²) in [6.45, 7) is 7.14. The average Bonchev–Trinajstić information content (AvgIpc) is 2.62. The van der Waals surface area contributed by atoms with Crippen molar-refractivity contribution < 1.29 is 35.7 Å². The maximum absolute atomic E-state index is 12.8. The van der Waals surface area contributed by atoms with Gasteiger partial charge in [0.25, 0.3) is 0 Å². The fourth-order valence-electron chi connectivity index (χ4n) is 2.23. The summed E-state index contributed by atoms with van der Waals surface area (Å²) < 4.78 is 88.3. The molecule has 2 rings (SSSR count). The minimum Gasteiger partial charge on any atom is -0.400 e. The van der Waals surface area contributed by atoms with Crippen molar-refractivity contribution in [1.82, 2.24) is 0 Å². The van der Waals surface area contributed by atoms with E-state index in [-0.39, 0.29) is 11.6 Å². The largest absolute Gasteiger partial charge is 0.487 e. The van der Waals surface area contributed by atoms with Crippen LogP contribution in [-0.4, -0.2) is 18.3 Å². The third kappa shape index (κ3) is 4.38. The lowest BCUT2D eigenvalue weighted by molar-refractivity contribution is -0.143. The van der Waals surface area contributed by atoms with Crippen molar-refractivity contribution in [1.29, 1.82) is 0 Å². The first-order valence-electron chi connectivity index (χ1n) is 7.45. The van der Waals surface area contributed by atoms with Crippen LogP contribution in [0.5, 0.6) is 0 Å². The third-order valence-electron chi connectivity index (χ3n) is 4.33. The zero-order valence-electron chi connectivity index (χ0n) is 14.0. The molecule has 0 unspecified atom stereocenters. The molecule has 1 aliphatic rings. The number of alkyl halides is 6. The molecule has 0 radical (unpaired) electrons. The molecule has 138 valence electrons. The van der Waals surface area contributed by atoms with Gasteiger partial charge >= 0.3 is 19.5 Å². The van der Waals surface area contributed by atoms with Crippen molar-refractivity contribution in [3.05, 3.63) is 40.9 Å². The third-order valence-corrected chi connectivity index (χ3v) is 4.33. The summed E-state index contributed by atoms with van der Waals surface area (Å²) in [5, 5.41) is 0. The molecule has 0 saturated carbocycles. The van der Waals surface area contributed by atoms with Crippen molar-refractivity contribution in [2.45, 2.75) is 51.2 Å². The second-order valence-electron chi connectivity index (χ2n) is 6.82. The van der Waals surface area contributed by atoms with Gasteiger partial charge in [0.05, 0.1) is 22.3 Å². The van der Waals surface area contributed by atoms with Crippen LogP contribution in [0.3, 0.4) is 0 Å². The van der Waals surface area contributed by atoms with E-state index in [0.717, 1.165) is 6.08 Å². The smallest absolute Gasteiger partial charge is 0.400 e. The normalized spacial score (nSPS) is 20.5. The molecule has 0 amide bonds. The lowest BCUT2D eigenvalue weighted by Gasteiger charge is -2.32. The molecule has 1 saturated heterocycles. The standard InChI is InChI=1S/C16H17BF6O2/c1-13(2)14(3,4)25-17(24-13)6-5-10-7-11(15(18,19)20)9-12(8-10)16(21,22)23/h5-9H,1-4H3/b6-5+. The molecular formula is C16H17BF6O2. The minimum absolute atomic E-state index is 0.0894. The Morgan fingerprint density at radius 1 is 0.800 bits per heavy atom. The van der Waals surface area contributed by atoms with Crippen molar-refractivity contribution in [3.8, 4) is 0 Å². The predicted molar refractivity (Wildman–Crippen MR) is 81.6 cm³/mol. The second-order valence-corrected chi connectivity index (χ2v) is 6.82. The Morgan fingerprint density at radius 3 is 1.56 bits per heavy atom. The molecule has 1 fully saturated rings. The van der Waals surface area contributed by atoms with Gasteiger partial charge in [-0.2, -0.15) is 26.3 Å². The van der Waals surface area contributed by atoms with E-state index in [1.165, 1.54) is 5.98 Å². The first-order valence-corrected chi connectivity index (χ1v) is 7.45. The van der Waals surface area contributed by atoms with Crippen LogP contribution in [0.15, 0.2) is 24.2 Å². The SMILES string of the molecule is CC1(C)OB(/C=C/c2cc(C(F)(F)F)cc(C(F)(F)F)c2)OC1(C)C. The summed E-state index contributed by atoms with van der Waals surface area (Å²) in [7, 11) is -0.867. The Balaban J connectivity index is 2.34. The van der Waals surface area contributed by atoms with Gasteiger partial charge in [-0.1, -0.05) is 12.1 Å². The van der Waals surface area contributed by atoms with Crippen molar-refractivity contribution in [2.24, 2.45) is 0 Å². The summed E-state index contributed by atoms with van der Waals surface area (Å²) in [6.07, 6.45) is -8.63. The van der Waals surface area contributed by atoms with Crippen molar-refractivity contribution >= 4 is 13.2 Å². The second kappa shape index (κ2) is 6.05. The van der Waals surface area contributed by atoms with Crippen LogP contribution in [0.4, 0.5) is 26.3 Å². The number of benzene rings is 1. The fraction of sp³-hybridized carbons (Fsp3) is 0.500. The molecule has 2 nitrogen and oxygen atoms in total. The monoisotopic (exact) mass is 366 g/mol. The average molecular weight is 366 g/mol. The van der Waals surface area contributed by atoms with Gasteiger partial charge < -0.3 is 9.31 Å². The molecule has 0 bridgehead atoms. The Labute approximate surface area is 141 Å². The molecular weight excluding hydrogens is 349 g/mol. The zero-order valence-corrected chi connectivity index (χ0v) is 14.0. The van der Waals surface area contributed by atoms with E-state index in [1.807, 2.05) is 0 Å². The maximum Gasteiger partial charge on any atom is 0.487 e. The molecule has 1 aromatic carbocycles. The Hall–Kier alpha value is -1.48. The number of hydrogen-bond donors (Lipinski definition) is 0. The molecule has 0 atom stereocenters. The summed E-state index contributed by atoms with van der Waals surface area (Å²) in [5.41, 5.74) is -4.29. The highest BCUT2D eigenvalue weighted by Crippen LogP contribution is 2.38. The minimum atomic E-state index is -4.88. The lowest BCUT2D eigenvalue weighted by Crippen LogP contribution is -2.41. The van der Waals surface area contributed by atoms with Crippen LogP contribution < -0.4 is 0 Å². The van der Waals surface area contributed by atoms with Gasteiger partial charge in [0.1, 0.15) is 0 Å². The molecule has 0 aliphatic carbocycles. The highest BCUT2D eigenvalue weighted by molar-refractivity contribution is 6.52. The Morgan fingerprint density at radius 2 is 1.20 bits per heavy atom. The molecule has 0 N–H and O–H groups in total. The van der Waals surface area contributed by atoms with Gasteiger partial charge in [-0.15, -0.1) is 0 Å². The topological polar surface area (TPSA) is 18.5 Å². The van der Waals surface area contributed by atoms with Gasteiger partial charge in [-0.05, 0) is 51.5 Å². The molecule has 1 heterocycles. The van der Waals surface area contributed by atoms with Crippen LogP contribution in [0, 0.1) is 0 Å². The van der Waals surface area contributed by atoms with E-state index in [1.54, 1.807) is 27.7 Å². The summed E-state index contributed by atoms with van der Waals surface area (Å²) >= 11 is 0. The van der Waals surface area contributed by atoms with Gasteiger partial charge in [0, 0.05) is 0 Å². The van der Waals surface area contributed by atoms with Gasteiger partial charge in [-0.25, -0.2) is 0 Å². The van der Waals surface area contributed by atoms with Gasteiger partial charge in [-0.3, -0.25) is 0 Å². The van der Waals surface area contributed by atoms with Gasteiger partial charge in [0.2, 0.25) is 0 Å². The quantitative estimate of drug-likeness (QED) is 0.518. The van der Waals surface area contributed by atoms with Crippen molar-refractivity contribution in [3.63, 3.8) is 0 Å². The van der Waals surface area contributed by atoms with Crippen LogP contribution in [0.2, 0.25) is 0 Å². The summed E-state index contributed by atoms with van der Waals surface area (Å²) in [5.74, 6) is 1.30. The molecule has 1 aromatic rings. The highest BCUT2D eigenvalue weighted by Gasteiger charge is 2.50. The molecule has 25 heavy (non-hydrogen) atoms. The van der Waals surface area contributed by atoms with Crippen LogP contribution in [-0.2, 0) is 21.7 Å². The first-order chi connectivity index (χ1) is 11.1. The van der Waals surface area contributed by atoms with Crippen LogP contribution in [0.1, 0.15) is 44.4 Å². The molecule has 0 aromatic heterocycles. The first kappa shape index (κ1) is 19.8. The molecule has 9 heteroatoms. The maximum atomic E-state index is 12.8. The van der Waals surface area contributed by atoms with E-state index in [4.69, 9.17) is 9.31 Å². The van der Waals surface area contributed by atoms with Crippen molar-refractivity contribution in [2.75, 3.05) is 0 Å². The van der Waals surface area contributed by atoms with Crippen LogP contribution in [0.25, 0.3) is 6.08 Å². The number of halogens is 6. The molecule has 1 aliphatic heterocycles. The lowest BCUT2D eigenvalue weighted by atomic mass is 9.88.